The summed E-state index contributed by atoms with van der Waals surface area (Å²) >= 11 is 0. The largest absolute Gasteiger partial charge is 0.506 e. The van der Waals surface area contributed by atoms with Gasteiger partial charge in [-0.25, -0.2) is 4.79 Å². The molecular weight excluding hydrogens is 334 g/mol. The van der Waals surface area contributed by atoms with Gasteiger partial charge in [-0.2, -0.15) is 0 Å². The van der Waals surface area contributed by atoms with Crippen LogP contribution in [-0.2, 0) is 6.42 Å². The van der Waals surface area contributed by atoms with Gasteiger partial charge in [0.25, 0.3) is 0 Å². The standard InChI is InChI=1S/C15H25N3O2.BrH/c1-10(2)18(11(3)4)8-7-12-5-6-14(19)13(9-12)17-15(16)20;/h5-6,9-11,19H,7-8H2,1-4H3,(H3,16,17,20);1H. The Balaban J connectivity index is 0.00000400. The van der Waals surface area contributed by atoms with Gasteiger partial charge in [-0.05, 0) is 51.8 Å². The fraction of sp³-hybridized carbons (Fsp3) is 0.533. The quantitative estimate of drug-likeness (QED) is 0.682. The molecule has 21 heavy (non-hydrogen) atoms. The zero-order valence-corrected chi connectivity index (χ0v) is 14.8. The van der Waals surface area contributed by atoms with Crippen molar-refractivity contribution in [3.05, 3.63) is 23.8 Å². The molecule has 5 nitrogen and oxygen atoms in total. The molecule has 0 spiro atoms. The van der Waals surface area contributed by atoms with Crippen LogP contribution in [0.3, 0.4) is 0 Å². The van der Waals surface area contributed by atoms with Gasteiger partial charge in [-0.15, -0.1) is 17.0 Å². The fourth-order valence-electron chi connectivity index (χ4n) is 2.34. The Morgan fingerprint density at radius 2 is 1.86 bits per heavy atom. The summed E-state index contributed by atoms with van der Waals surface area (Å²) in [5.41, 5.74) is 6.49. The van der Waals surface area contributed by atoms with E-state index in [1.165, 1.54) is 0 Å². The minimum atomic E-state index is -0.677. The second kappa shape index (κ2) is 8.89. The summed E-state index contributed by atoms with van der Waals surface area (Å²) in [4.78, 5) is 13.3. The van der Waals surface area contributed by atoms with E-state index in [0.29, 0.717) is 17.8 Å². The number of carbonyl (C=O) groups excluding carboxylic acids is 1. The van der Waals surface area contributed by atoms with Crippen molar-refractivity contribution in [1.82, 2.24) is 4.90 Å². The van der Waals surface area contributed by atoms with E-state index < -0.39 is 6.03 Å². The van der Waals surface area contributed by atoms with Crippen LogP contribution < -0.4 is 11.1 Å². The van der Waals surface area contributed by atoms with E-state index in [9.17, 15) is 9.90 Å². The van der Waals surface area contributed by atoms with Gasteiger partial charge >= 0.3 is 6.03 Å². The molecule has 0 aliphatic rings. The summed E-state index contributed by atoms with van der Waals surface area (Å²) in [6.45, 7) is 9.64. The molecule has 0 aliphatic heterocycles. The second-order valence-electron chi connectivity index (χ2n) is 5.52. The van der Waals surface area contributed by atoms with Gasteiger partial charge in [0.15, 0.2) is 0 Å². The van der Waals surface area contributed by atoms with Crippen molar-refractivity contribution in [2.45, 2.75) is 46.2 Å². The van der Waals surface area contributed by atoms with Gasteiger partial charge in [0.2, 0.25) is 0 Å². The molecule has 1 aromatic carbocycles. The number of phenolic OH excluding ortho intramolecular Hbond substituents is 1. The minimum absolute atomic E-state index is 0. The lowest BCUT2D eigenvalue weighted by atomic mass is 10.1. The molecule has 0 aromatic heterocycles. The van der Waals surface area contributed by atoms with Gasteiger partial charge in [0, 0.05) is 18.6 Å². The number of aromatic hydroxyl groups is 1. The number of amides is 2. The molecule has 0 bridgehead atoms. The Morgan fingerprint density at radius 1 is 1.29 bits per heavy atom. The van der Waals surface area contributed by atoms with E-state index in [0.717, 1.165) is 18.5 Å². The Kier molecular flexibility index (Phi) is 8.36. The number of phenols is 1. The smallest absolute Gasteiger partial charge is 0.316 e. The van der Waals surface area contributed by atoms with Crippen molar-refractivity contribution in [2.75, 3.05) is 11.9 Å². The average molecular weight is 360 g/mol. The summed E-state index contributed by atoms with van der Waals surface area (Å²) in [6.07, 6.45) is 0.851. The van der Waals surface area contributed by atoms with Crippen LogP contribution in [0.5, 0.6) is 5.75 Å². The zero-order valence-electron chi connectivity index (χ0n) is 13.1. The van der Waals surface area contributed by atoms with Crippen molar-refractivity contribution in [3.63, 3.8) is 0 Å². The van der Waals surface area contributed by atoms with Crippen LogP contribution in [0.25, 0.3) is 0 Å². The number of hydrogen-bond donors (Lipinski definition) is 3. The van der Waals surface area contributed by atoms with Crippen molar-refractivity contribution in [2.24, 2.45) is 5.73 Å². The predicted octanol–water partition coefficient (Wildman–Crippen LogP) is 3.12. The van der Waals surface area contributed by atoms with Gasteiger partial charge in [0.05, 0.1) is 5.69 Å². The lowest BCUT2D eigenvalue weighted by molar-refractivity contribution is 0.177. The number of nitrogens with one attached hydrogen (secondary N) is 1. The predicted molar refractivity (Wildman–Crippen MR) is 92.3 cm³/mol. The van der Waals surface area contributed by atoms with Crippen molar-refractivity contribution < 1.29 is 9.90 Å². The van der Waals surface area contributed by atoms with Gasteiger partial charge in [0.1, 0.15) is 5.75 Å². The van der Waals surface area contributed by atoms with Crippen LogP contribution in [-0.4, -0.2) is 34.7 Å². The van der Waals surface area contributed by atoms with E-state index in [2.05, 4.69) is 37.9 Å². The third kappa shape index (κ3) is 6.35. The molecule has 6 heteroatoms. The number of rotatable bonds is 6. The Morgan fingerprint density at radius 3 is 2.33 bits per heavy atom. The highest BCUT2D eigenvalue weighted by Gasteiger charge is 2.13. The Hall–Kier alpha value is -1.27. The highest BCUT2D eigenvalue weighted by atomic mass is 79.9. The monoisotopic (exact) mass is 359 g/mol. The number of nitrogens with two attached hydrogens (primary N) is 1. The highest BCUT2D eigenvalue weighted by Crippen LogP contribution is 2.24. The first kappa shape index (κ1) is 19.7. The maximum absolute atomic E-state index is 10.9. The van der Waals surface area contributed by atoms with E-state index in [1.807, 2.05) is 6.07 Å². The molecule has 0 saturated heterocycles. The summed E-state index contributed by atoms with van der Waals surface area (Å²) in [5.74, 6) is 0.0251. The molecule has 1 aromatic rings. The van der Waals surface area contributed by atoms with Gasteiger partial charge in [-0.3, -0.25) is 4.90 Å². The topological polar surface area (TPSA) is 78.6 Å². The lowest BCUT2D eigenvalue weighted by Gasteiger charge is -2.30. The van der Waals surface area contributed by atoms with Crippen LogP contribution in [0.15, 0.2) is 18.2 Å². The van der Waals surface area contributed by atoms with E-state index in [1.54, 1.807) is 12.1 Å². The second-order valence-corrected chi connectivity index (χ2v) is 5.52. The van der Waals surface area contributed by atoms with Crippen LogP contribution in [0.4, 0.5) is 10.5 Å². The molecule has 0 aliphatic carbocycles. The molecule has 2 amide bonds. The molecule has 1 rings (SSSR count). The molecule has 0 saturated carbocycles. The highest BCUT2D eigenvalue weighted by molar-refractivity contribution is 8.93. The number of nitrogens with zero attached hydrogens (tertiary/aromatic N) is 1. The van der Waals surface area contributed by atoms with Gasteiger partial charge in [-0.1, -0.05) is 6.07 Å². The first-order chi connectivity index (χ1) is 9.31. The molecular formula is C15H26BrN3O2. The number of primary amides is 1. The van der Waals surface area contributed by atoms with Crippen LogP contribution in [0.1, 0.15) is 33.3 Å². The number of benzene rings is 1. The average Bonchev–Trinajstić information content (AvgIpc) is 2.31. The Bertz CT molecular complexity index is 456. The SMILES string of the molecule is Br.CC(C)N(CCc1ccc(O)c(NC(N)=O)c1)C(C)C. The van der Waals surface area contributed by atoms with Crippen molar-refractivity contribution in [3.8, 4) is 5.75 Å². The summed E-state index contributed by atoms with van der Waals surface area (Å²) in [5, 5.41) is 12.1. The third-order valence-corrected chi connectivity index (χ3v) is 3.30. The van der Waals surface area contributed by atoms with Crippen molar-refractivity contribution >= 4 is 28.7 Å². The number of carbonyl (C=O) groups is 1. The molecule has 4 N–H and O–H groups in total. The first-order valence-corrected chi connectivity index (χ1v) is 6.95. The molecule has 0 fully saturated rings. The molecule has 0 heterocycles. The zero-order chi connectivity index (χ0) is 15.3. The summed E-state index contributed by atoms with van der Waals surface area (Å²) in [7, 11) is 0. The number of urea groups is 1. The van der Waals surface area contributed by atoms with Gasteiger partial charge < -0.3 is 16.2 Å². The van der Waals surface area contributed by atoms with Crippen LogP contribution in [0, 0.1) is 0 Å². The van der Waals surface area contributed by atoms with E-state index >= 15 is 0 Å². The molecule has 0 unspecified atom stereocenters. The Labute approximate surface area is 137 Å². The number of hydrogen-bond acceptors (Lipinski definition) is 3. The molecule has 0 atom stereocenters. The van der Waals surface area contributed by atoms with Crippen LogP contribution in [0.2, 0.25) is 0 Å². The number of anilines is 1. The first-order valence-electron chi connectivity index (χ1n) is 6.95. The maximum atomic E-state index is 10.9. The van der Waals surface area contributed by atoms with E-state index in [-0.39, 0.29) is 22.7 Å². The lowest BCUT2D eigenvalue weighted by Crippen LogP contribution is -2.38. The van der Waals surface area contributed by atoms with Crippen molar-refractivity contribution in [1.29, 1.82) is 0 Å². The number of halogens is 1. The summed E-state index contributed by atoms with van der Waals surface area (Å²) in [6, 6.07) is 5.49. The summed E-state index contributed by atoms with van der Waals surface area (Å²) < 4.78 is 0. The molecule has 120 valence electrons. The third-order valence-electron chi connectivity index (χ3n) is 3.30. The molecule has 0 radical (unpaired) electrons. The van der Waals surface area contributed by atoms with E-state index in [4.69, 9.17) is 5.73 Å². The minimum Gasteiger partial charge on any atom is -0.506 e. The van der Waals surface area contributed by atoms with Crippen LogP contribution >= 0.6 is 17.0 Å². The fourth-order valence-corrected chi connectivity index (χ4v) is 2.34. The normalized spacial score (nSPS) is 10.8. The maximum Gasteiger partial charge on any atom is 0.316 e.